The standard InChI is InChI=1S/C13H18N4O/c1-13(2)6-4-5-10(13)12(18)16-11-9(7-14)8-15-17(11)3/h8,10H,4-6H2,1-3H3,(H,16,18). The maximum atomic E-state index is 12.3. The van der Waals surface area contributed by atoms with Crippen molar-refractivity contribution in [1.82, 2.24) is 9.78 Å². The van der Waals surface area contributed by atoms with Gasteiger partial charge in [-0.15, -0.1) is 0 Å². The van der Waals surface area contributed by atoms with Crippen LogP contribution in [0.2, 0.25) is 0 Å². The van der Waals surface area contributed by atoms with E-state index in [2.05, 4.69) is 24.3 Å². The molecule has 1 aromatic heterocycles. The highest BCUT2D eigenvalue weighted by molar-refractivity contribution is 5.93. The van der Waals surface area contributed by atoms with Crippen molar-refractivity contribution in [3.63, 3.8) is 0 Å². The minimum Gasteiger partial charge on any atom is -0.310 e. The number of nitrogens with zero attached hydrogens (tertiary/aromatic N) is 3. The molecule has 2 rings (SSSR count). The number of hydrogen-bond donors (Lipinski definition) is 1. The molecule has 1 fully saturated rings. The van der Waals surface area contributed by atoms with Gasteiger partial charge in [0.2, 0.25) is 5.91 Å². The molecule has 1 aliphatic carbocycles. The number of carbonyl (C=O) groups is 1. The zero-order valence-electron chi connectivity index (χ0n) is 11.0. The van der Waals surface area contributed by atoms with Crippen molar-refractivity contribution in [2.75, 3.05) is 5.32 Å². The molecule has 1 N–H and O–H groups in total. The predicted molar refractivity (Wildman–Crippen MR) is 67.7 cm³/mol. The zero-order chi connectivity index (χ0) is 13.3. The lowest BCUT2D eigenvalue weighted by Crippen LogP contribution is -2.31. The predicted octanol–water partition coefficient (Wildman–Crippen LogP) is 2.06. The van der Waals surface area contributed by atoms with E-state index in [4.69, 9.17) is 5.26 Å². The topological polar surface area (TPSA) is 70.7 Å². The summed E-state index contributed by atoms with van der Waals surface area (Å²) >= 11 is 0. The number of aryl methyl sites for hydroxylation is 1. The van der Waals surface area contributed by atoms with Gasteiger partial charge in [0.1, 0.15) is 17.5 Å². The molecule has 0 aromatic carbocycles. The Kier molecular flexibility index (Phi) is 3.12. The number of nitrogens with one attached hydrogen (secondary N) is 1. The summed E-state index contributed by atoms with van der Waals surface area (Å²) in [6.45, 7) is 4.25. The molecule has 1 aliphatic rings. The van der Waals surface area contributed by atoms with Gasteiger partial charge in [0.15, 0.2) is 0 Å². The second-order valence-electron chi connectivity index (χ2n) is 5.56. The molecule has 0 radical (unpaired) electrons. The van der Waals surface area contributed by atoms with Gasteiger partial charge in [-0.1, -0.05) is 20.3 Å². The van der Waals surface area contributed by atoms with E-state index in [9.17, 15) is 4.79 Å². The monoisotopic (exact) mass is 246 g/mol. The third kappa shape index (κ3) is 2.10. The van der Waals surface area contributed by atoms with Crippen LogP contribution in [0, 0.1) is 22.7 Å². The van der Waals surface area contributed by atoms with E-state index >= 15 is 0 Å². The quantitative estimate of drug-likeness (QED) is 0.868. The Morgan fingerprint density at radius 2 is 2.39 bits per heavy atom. The number of carbonyl (C=O) groups excluding carboxylic acids is 1. The molecule has 0 aliphatic heterocycles. The Hall–Kier alpha value is -1.83. The van der Waals surface area contributed by atoms with Gasteiger partial charge in [0.25, 0.3) is 0 Å². The van der Waals surface area contributed by atoms with Crippen LogP contribution in [0.25, 0.3) is 0 Å². The summed E-state index contributed by atoms with van der Waals surface area (Å²) in [6.07, 6.45) is 4.54. The molecule has 1 amide bonds. The summed E-state index contributed by atoms with van der Waals surface area (Å²) < 4.78 is 1.53. The molecule has 1 unspecified atom stereocenters. The summed E-state index contributed by atoms with van der Waals surface area (Å²) in [4.78, 5) is 12.3. The number of rotatable bonds is 2. The number of anilines is 1. The van der Waals surface area contributed by atoms with Crippen LogP contribution in [-0.2, 0) is 11.8 Å². The lowest BCUT2D eigenvalue weighted by atomic mass is 9.81. The number of aromatic nitrogens is 2. The largest absolute Gasteiger partial charge is 0.310 e. The van der Waals surface area contributed by atoms with Gasteiger partial charge >= 0.3 is 0 Å². The molecule has 18 heavy (non-hydrogen) atoms. The van der Waals surface area contributed by atoms with E-state index < -0.39 is 0 Å². The maximum absolute atomic E-state index is 12.3. The van der Waals surface area contributed by atoms with Crippen LogP contribution in [-0.4, -0.2) is 15.7 Å². The number of nitriles is 1. The Balaban J connectivity index is 2.17. The van der Waals surface area contributed by atoms with E-state index in [1.165, 1.54) is 10.9 Å². The van der Waals surface area contributed by atoms with Crippen LogP contribution < -0.4 is 5.32 Å². The fourth-order valence-corrected chi connectivity index (χ4v) is 2.68. The molecule has 5 heteroatoms. The smallest absolute Gasteiger partial charge is 0.229 e. The zero-order valence-corrected chi connectivity index (χ0v) is 11.0. The van der Waals surface area contributed by atoms with Crippen LogP contribution in [0.1, 0.15) is 38.7 Å². The van der Waals surface area contributed by atoms with E-state index in [1.807, 2.05) is 6.07 Å². The molecule has 96 valence electrons. The second-order valence-corrected chi connectivity index (χ2v) is 5.56. The minimum atomic E-state index is -0.00222. The first-order valence-electron chi connectivity index (χ1n) is 6.18. The Morgan fingerprint density at radius 3 is 2.94 bits per heavy atom. The summed E-state index contributed by atoms with van der Waals surface area (Å²) in [6, 6.07) is 2.04. The highest BCUT2D eigenvalue weighted by Gasteiger charge is 2.39. The molecule has 1 heterocycles. The van der Waals surface area contributed by atoms with E-state index in [0.29, 0.717) is 11.4 Å². The van der Waals surface area contributed by atoms with Crippen LogP contribution in [0.15, 0.2) is 6.20 Å². The maximum Gasteiger partial charge on any atom is 0.229 e. The first kappa shape index (κ1) is 12.6. The van der Waals surface area contributed by atoms with Crippen molar-refractivity contribution in [2.24, 2.45) is 18.4 Å². The van der Waals surface area contributed by atoms with Gasteiger partial charge in [0, 0.05) is 13.0 Å². The summed E-state index contributed by atoms with van der Waals surface area (Å²) in [5.41, 5.74) is 0.441. The summed E-state index contributed by atoms with van der Waals surface area (Å²) in [5, 5.41) is 15.8. The third-order valence-corrected chi connectivity index (χ3v) is 3.87. The van der Waals surface area contributed by atoms with Crippen molar-refractivity contribution in [1.29, 1.82) is 5.26 Å². The average Bonchev–Trinajstić information content (AvgIpc) is 2.83. The molecule has 5 nitrogen and oxygen atoms in total. The molecule has 1 saturated carbocycles. The highest BCUT2D eigenvalue weighted by atomic mass is 16.2. The highest BCUT2D eigenvalue weighted by Crippen LogP contribution is 2.43. The van der Waals surface area contributed by atoms with Gasteiger partial charge in [0.05, 0.1) is 6.20 Å². The van der Waals surface area contributed by atoms with Gasteiger partial charge in [-0.2, -0.15) is 10.4 Å². The fourth-order valence-electron chi connectivity index (χ4n) is 2.68. The first-order valence-corrected chi connectivity index (χ1v) is 6.18. The lowest BCUT2D eigenvalue weighted by molar-refractivity contribution is -0.122. The lowest BCUT2D eigenvalue weighted by Gasteiger charge is -2.25. The van der Waals surface area contributed by atoms with Crippen molar-refractivity contribution in [2.45, 2.75) is 33.1 Å². The van der Waals surface area contributed by atoms with Crippen LogP contribution in [0.3, 0.4) is 0 Å². The average molecular weight is 246 g/mol. The molecule has 1 atom stereocenters. The van der Waals surface area contributed by atoms with Crippen LogP contribution in [0.5, 0.6) is 0 Å². The van der Waals surface area contributed by atoms with Gasteiger partial charge in [-0.3, -0.25) is 9.48 Å². The number of hydrogen-bond acceptors (Lipinski definition) is 3. The van der Waals surface area contributed by atoms with Crippen molar-refractivity contribution >= 4 is 11.7 Å². The number of amides is 1. The molecule has 1 aromatic rings. The molecule has 0 bridgehead atoms. The summed E-state index contributed by atoms with van der Waals surface area (Å²) in [5.74, 6) is 0.502. The third-order valence-electron chi connectivity index (χ3n) is 3.87. The minimum absolute atomic E-state index is 0.00222. The van der Waals surface area contributed by atoms with Crippen molar-refractivity contribution < 1.29 is 4.79 Å². The van der Waals surface area contributed by atoms with Crippen LogP contribution >= 0.6 is 0 Å². The SMILES string of the molecule is Cn1ncc(C#N)c1NC(=O)C1CCCC1(C)C. The molecular weight excluding hydrogens is 228 g/mol. The molecule has 0 saturated heterocycles. The van der Waals surface area contributed by atoms with E-state index in [0.717, 1.165) is 19.3 Å². The fraction of sp³-hybridized carbons (Fsp3) is 0.615. The Bertz CT molecular complexity index is 510. The first-order chi connectivity index (χ1) is 8.45. The van der Waals surface area contributed by atoms with Crippen molar-refractivity contribution in [3.05, 3.63) is 11.8 Å². The summed E-state index contributed by atoms with van der Waals surface area (Å²) in [7, 11) is 1.72. The van der Waals surface area contributed by atoms with Gasteiger partial charge in [-0.05, 0) is 18.3 Å². The Morgan fingerprint density at radius 1 is 1.67 bits per heavy atom. The van der Waals surface area contributed by atoms with Crippen LogP contribution in [0.4, 0.5) is 5.82 Å². The van der Waals surface area contributed by atoms with Gasteiger partial charge in [-0.25, -0.2) is 0 Å². The van der Waals surface area contributed by atoms with Crippen molar-refractivity contribution in [3.8, 4) is 6.07 Å². The Labute approximate surface area is 107 Å². The van der Waals surface area contributed by atoms with E-state index in [1.54, 1.807) is 7.05 Å². The second kappa shape index (κ2) is 4.45. The normalized spacial score (nSPS) is 21.6. The van der Waals surface area contributed by atoms with E-state index in [-0.39, 0.29) is 17.2 Å². The molecule has 0 spiro atoms. The van der Waals surface area contributed by atoms with Gasteiger partial charge < -0.3 is 5.32 Å². The molecular formula is C13H18N4O.